The molecule has 1 aromatic rings. The van der Waals surface area contributed by atoms with Crippen molar-refractivity contribution in [1.29, 1.82) is 0 Å². The number of ether oxygens (including phenoxy) is 1. The van der Waals surface area contributed by atoms with Gasteiger partial charge in [-0.1, -0.05) is 44.0 Å². The molecule has 0 bridgehead atoms. The Morgan fingerprint density at radius 1 is 1.25 bits per heavy atom. The van der Waals surface area contributed by atoms with Crippen molar-refractivity contribution in [3.63, 3.8) is 0 Å². The van der Waals surface area contributed by atoms with E-state index in [0.717, 1.165) is 19.6 Å². The quantitative estimate of drug-likeness (QED) is 0.806. The van der Waals surface area contributed by atoms with Crippen LogP contribution in [-0.4, -0.2) is 32.1 Å². The first-order valence-electron chi connectivity index (χ1n) is 7.91. The van der Waals surface area contributed by atoms with Crippen LogP contribution in [0.5, 0.6) is 0 Å². The van der Waals surface area contributed by atoms with Gasteiger partial charge in [-0.25, -0.2) is 0 Å². The van der Waals surface area contributed by atoms with Crippen LogP contribution in [0.2, 0.25) is 0 Å². The van der Waals surface area contributed by atoms with Gasteiger partial charge >= 0.3 is 0 Å². The maximum Gasteiger partial charge on any atom is 0.0959 e. The van der Waals surface area contributed by atoms with Gasteiger partial charge in [0.15, 0.2) is 0 Å². The highest BCUT2D eigenvalue weighted by Crippen LogP contribution is 2.45. The summed E-state index contributed by atoms with van der Waals surface area (Å²) in [6.07, 6.45) is 5.05. The van der Waals surface area contributed by atoms with Gasteiger partial charge in [0.1, 0.15) is 0 Å². The predicted molar refractivity (Wildman–Crippen MR) is 85.0 cm³/mol. The highest BCUT2D eigenvalue weighted by Gasteiger charge is 2.41. The first-order chi connectivity index (χ1) is 9.56. The highest BCUT2D eigenvalue weighted by atomic mass is 16.5. The van der Waals surface area contributed by atoms with Crippen molar-refractivity contribution in [2.24, 2.45) is 5.92 Å². The first kappa shape index (κ1) is 15.5. The third-order valence-corrected chi connectivity index (χ3v) is 4.73. The van der Waals surface area contributed by atoms with E-state index in [4.69, 9.17) is 4.74 Å². The van der Waals surface area contributed by atoms with Gasteiger partial charge < -0.3 is 9.64 Å². The largest absolute Gasteiger partial charge is 0.369 e. The van der Waals surface area contributed by atoms with Gasteiger partial charge in [-0.05, 0) is 50.9 Å². The number of rotatable bonds is 5. The standard InChI is InChI=1S/C18H29NO/c1-15-9-5-6-11-17(15)18(20-14-13-19(3)4)12-8-7-10-16(18)2/h5-6,9,11,16H,7-8,10,12-14H2,1-4H3. The van der Waals surface area contributed by atoms with Crippen LogP contribution in [0, 0.1) is 12.8 Å². The molecule has 2 rings (SSSR count). The fourth-order valence-electron chi connectivity index (χ4n) is 3.47. The van der Waals surface area contributed by atoms with E-state index in [2.05, 4.69) is 57.1 Å². The SMILES string of the molecule is Cc1ccccc1C1(OCCN(C)C)CCCCC1C. The number of hydrogen-bond acceptors (Lipinski definition) is 2. The van der Waals surface area contributed by atoms with E-state index in [9.17, 15) is 0 Å². The van der Waals surface area contributed by atoms with Crippen molar-refractivity contribution in [2.75, 3.05) is 27.2 Å². The average Bonchev–Trinajstić information content (AvgIpc) is 2.41. The molecular weight excluding hydrogens is 246 g/mol. The Morgan fingerprint density at radius 2 is 2.00 bits per heavy atom. The van der Waals surface area contributed by atoms with Crippen molar-refractivity contribution < 1.29 is 4.74 Å². The van der Waals surface area contributed by atoms with E-state index in [0.29, 0.717) is 5.92 Å². The second-order valence-electron chi connectivity index (χ2n) is 6.50. The third-order valence-electron chi connectivity index (χ3n) is 4.73. The summed E-state index contributed by atoms with van der Waals surface area (Å²) in [5.41, 5.74) is 2.71. The maximum absolute atomic E-state index is 6.52. The Bertz CT molecular complexity index is 429. The molecule has 2 unspecified atom stereocenters. The molecule has 1 aliphatic rings. The number of likely N-dealkylation sites (N-methyl/N-ethyl adjacent to an activating group) is 1. The molecule has 1 aliphatic carbocycles. The van der Waals surface area contributed by atoms with Gasteiger partial charge in [0, 0.05) is 6.54 Å². The highest BCUT2D eigenvalue weighted by molar-refractivity contribution is 5.32. The van der Waals surface area contributed by atoms with Crippen LogP contribution in [-0.2, 0) is 10.3 Å². The molecule has 112 valence electrons. The molecule has 0 heterocycles. The van der Waals surface area contributed by atoms with Gasteiger partial charge in [-0.3, -0.25) is 0 Å². The molecule has 20 heavy (non-hydrogen) atoms. The lowest BCUT2D eigenvalue weighted by Crippen LogP contribution is -2.41. The van der Waals surface area contributed by atoms with Crippen LogP contribution in [0.25, 0.3) is 0 Å². The number of nitrogens with zero attached hydrogens (tertiary/aromatic N) is 1. The van der Waals surface area contributed by atoms with Gasteiger partial charge in [0.25, 0.3) is 0 Å². The Hall–Kier alpha value is -0.860. The fraction of sp³-hybridized carbons (Fsp3) is 0.667. The van der Waals surface area contributed by atoms with E-state index in [1.54, 1.807) is 0 Å². The van der Waals surface area contributed by atoms with Gasteiger partial charge in [0.2, 0.25) is 0 Å². The molecule has 1 fully saturated rings. The second kappa shape index (κ2) is 6.73. The first-order valence-corrected chi connectivity index (χ1v) is 7.91. The zero-order chi connectivity index (χ0) is 14.6. The number of hydrogen-bond donors (Lipinski definition) is 0. The molecule has 2 nitrogen and oxygen atoms in total. The number of benzene rings is 1. The van der Waals surface area contributed by atoms with Crippen molar-refractivity contribution in [3.8, 4) is 0 Å². The molecule has 1 aromatic carbocycles. The minimum atomic E-state index is -0.0698. The lowest BCUT2D eigenvalue weighted by atomic mass is 9.71. The van der Waals surface area contributed by atoms with E-state index in [1.165, 1.54) is 30.4 Å². The monoisotopic (exact) mass is 275 g/mol. The van der Waals surface area contributed by atoms with Crippen LogP contribution < -0.4 is 0 Å². The molecule has 0 spiro atoms. The summed E-state index contributed by atoms with van der Waals surface area (Å²) < 4.78 is 6.52. The predicted octanol–water partition coefficient (Wildman–Crippen LogP) is 3.98. The molecule has 0 N–H and O–H groups in total. The van der Waals surface area contributed by atoms with Crippen molar-refractivity contribution in [1.82, 2.24) is 4.90 Å². The fourth-order valence-corrected chi connectivity index (χ4v) is 3.47. The molecular formula is C18H29NO. The van der Waals surface area contributed by atoms with E-state index in [-0.39, 0.29) is 5.60 Å². The van der Waals surface area contributed by atoms with Crippen LogP contribution in [0.4, 0.5) is 0 Å². The molecule has 0 amide bonds. The molecule has 0 saturated heterocycles. The lowest BCUT2D eigenvalue weighted by molar-refractivity contribution is -0.113. The summed E-state index contributed by atoms with van der Waals surface area (Å²) in [6, 6.07) is 8.76. The van der Waals surface area contributed by atoms with Crippen LogP contribution in [0.15, 0.2) is 24.3 Å². The topological polar surface area (TPSA) is 12.5 Å². The summed E-state index contributed by atoms with van der Waals surface area (Å²) in [5.74, 6) is 0.597. The summed E-state index contributed by atoms with van der Waals surface area (Å²) in [6.45, 7) is 6.38. The summed E-state index contributed by atoms with van der Waals surface area (Å²) in [5, 5.41) is 0. The number of aryl methyl sites for hydroxylation is 1. The average molecular weight is 275 g/mol. The maximum atomic E-state index is 6.52. The van der Waals surface area contributed by atoms with Crippen LogP contribution >= 0.6 is 0 Å². The molecule has 2 heteroatoms. The Kier molecular flexibility index (Phi) is 5.22. The minimum Gasteiger partial charge on any atom is -0.369 e. The van der Waals surface area contributed by atoms with Gasteiger partial charge in [0.05, 0.1) is 12.2 Å². The third kappa shape index (κ3) is 3.24. The summed E-state index contributed by atoms with van der Waals surface area (Å²) in [7, 11) is 4.21. The van der Waals surface area contributed by atoms with E-state index >= 15 is 0 Å². The van der Waals surface area contributed by atoms with Crippen molar-refractivity contribution in [2.45, 2.75) is 45.1 Å². The van der Waals surface area contributed by atoms with E-state index in [1.807, 2.05) is 0 Å². The van der Waals surface area contributed by atoms with Crippen molar-refractivity contribution in [3.05, 3.63) is 35.4 Å². The van der Waals surface area contributed by atoms with Crippen LogP contribution in [0.1, 0.15) is 43.7 Å². The summed E-state index contributed by atoms with van der Waals surface area (Å²) in [4.78, 5) is 2.19. The molecule has 0 radical (unpaired) electrons. The molecule has 1 saturated carbocycles. The zero-order valence-electron chi connectivity index (χ0n) is 13.5. The Labute approximate surface area is 124 Å². The summed E-state index contributed by atoms with van der Waals surface area (Å²) >= 11 is 0. The van der Waals surface area contributed by atoms with Crippen molar-refractivity contribution >= 4 is 0 Å². The van der Waals surface area contributed by atoms with Gasteiger partial charge in [-0.2, -0.15) is 0 Å². The lowest BCUT2D eigenvalue weighted by Gasteiger charge is -2.44. The second-order valence-corrected chi connectivity index (χ2v) is 6.50. The van der Waals surface area contributed by atoms with E-state index < -0.39 is 0 Å². The minimum absolute atomic E-state index is 0.0698. The van der Waals surface area contributed by atoms with Gasteiger partial charge in [-0.15, -0.1) is 0 Å². The van der Waals surface area contributed by atoms with Crippen LogP contribution in [0.3, 0.4) is 0 Å². The molecule has 0 aliphatic heterocycles. The normalized spacial score (nSPS) is 26.9. The Morgan fingerprint density at radius 3 is 2.65 bits per heavy atom. The molecule has 0 aromatic heterocycles. The Balaban J connectivity index is 2.26. The molecule has 2 atom stereocenters. The zero-order valence-corrected chi connectivity index (χ0v) is 13.5. The smallest absolute Gasteiger partial charge is 0.0959 e.